The van der Waals surface area contributed by atoms with E-state index in [0.29, 0.717) is 27.1 Å². The first kappa shape index (κ1) is 20.9. The van der Waals surface area contributed by atoms with Gasteiger partial charge in [-0.3, -0.25) is 19.3 Å². The second kappa shape index (κ2) is 7.56. The van der Waals surface area contributed by atoms with Crippen LogP contribution >= 0.6 is 11.3 Å². The predicted molar refractivity (Wildman–Crippen MR) is 123 cm³/mol. The molecule has 1 aliphatic heterocycles. The van der Waals surface area contributed by atoms with Gasteiger partial charge in [-0.25, -0.2) is 4.98 Å². The summed E-state index contributed by atoms with van der Waals surface area (Å²) in [6.45, 7) is 3.13. The minimum Gasteiger partial charge on any atom is -0.504 e. The summed E-state index contributed by atoms with van der Waals surface area (Å²) in [5.74, 6) is -0.657. The van der Waals surface area contributed by atoms with Gasteiger partial charge in [0.15, 0.2) is 27.8 Å². The van der Waals surface area contributed by atoms with Crippen molar-refractivity contribution in [3.8, 4) is 11.5 Å². The molecular weight excluding hydrogens is 444 g/mol. The Hall–Kier alpha value is -3.98. The third kappa shape index (κ3) is 3.12. The summed E-state index contributed by atoms with van der Waals surface area (Å²) < 4.78 is 11.1. The summed E-state index contributed by atoms with van der Waals surface area (Å²) in [5.41, 5.74) is 1.16. The topological polar surface area (TPSA) is 110 Å². The first-order valence-electron chi connectivity index (χ1n) is 10.1. The fourth-order valence-electron chi connectivity index (χ4n) is 4.11. The highest BCUT2D eigenvalue weighted by molar-refractivity contribution is 7.17. The second-order valence-electron chi connectivity index (χ2n) is 7.65. The maximum atomic E-state index is 13.6. The molecule has 0 aliphatic carbocycles. The number of hydrogen-bond acceptors (Lipinski definition) is 8. The lowest BCUT2D eigenvalue weighted by atomic mass is 9.98. The molecule has 0 spiro atoms. The lowest BCUT2D eigenvalue weighted by Gasteiger charge is -2.23. The van der Waals surface area contributed by atoms with Crippen molar-refractivity contribution < 1.29 is 23.8 Å². The minimum atomic E-state index is -0.881. The number of aromatic hydroxyl groups is 1. The quantitative estimate of drug-likeness (QED) is 0.452. The number of rotatable bonds is 4. The van der Waals surface area contributed by atoms with Crippen molar-refractivity contribution in [1.29, 1.82) is 0 Å². The zero-order valence-corrected chi connectivity index (χ0v) is 18.7. The number of nitrogens with zero attached hydrogens (tertiary/aromatic N) is 2. The van der Waals surface area contributed by atoms with E-state index in [2.05, 4.69) is 4.98 Å². The second-order valence-corrected chi connectivity index (χ2v) is 8.62. The van der Waals surface area contributed by atoms with Crippen molar-refractivity contribution in [3.63, 3.8) is 0 Å². The van der Waals surface area contributed by atoms with Gasteiger partial charge in [0.2, 0.25) is 5.76 Å². The van der Waals surface area contributed by atoms with E-state index < -0.39 is 11.9 Å². The number of ketones is 1. The minimum absolute atomic E-state index is 0.0760. The molecular formula is C24H18N2O6S. The standard InChI is InChI=1S/C24H18N2O6S/c1-11-22(12(2)27)33-24(25-11)26-19(13-8-9-15(28)17(10-13)31-3)18-20(29)14-6-4-5-7-16(14)32-21(18)23(26)30/h4-10,19,28H,1-3H3/t19-/m1/s1. The number of phenolic OH excluding ortho intramolecular Hbond substituents is 1. The van der Waals surface area contributed by atoms with Gasteiger partial charge >= 0.3 is 0 Å². The Morgan fingerprint density at radius 2 is 1.97 bits per heavy atom. The number of carbonyl (C=O) groups is 2. The molecule has 8 nitrogen and oxygen atoms in total. The SMILES string of the molecule is COc1cc([C@@H]2c3c(oc4ccccc4c3=O)C(=O)N2c2nc(C)c(C(C)=O)s2)ccc1O. The maximum Gasteiger partial charge on any atom is 0.297 e. The van der Waals surface area contributed by atoms with E-state index in [1.54, 1.807) is 43.3 Å². The summed E-state index contributed by atoms with van der Waals surface area (Å²) >= 11 is 1.08. The summed E-state index contributed by atoms with van der Waals surface area (Å²) in [7, 11) is 1.41. The fraction of sp³-hybridized carbons (Fsp3) is 0.167. The van der Waals surface area contributed by atoms with E-state index in [4.69, 9.17) is 9.15 Å². The number of para-hydroxylation sites is 1. The van der Waals surface area contributed by atoms with Crippen LogP contribution in [0.15, 0.2) is 51.7 Å². The number of amides is 1. The largest absolute Gasteiger partial charge is 0.504 e. The Kier molecular flexibility index (Phi) is 4.79. The molecule has 5 rings (SSSR count). The summed E-state index contributed by atoms with van der Waals surface area (Å²) in [4.78, 5) is 45.4. The normalized spacial score (nSPS) is 15.2. The molecule has 9 heteroatoms. The third-order valence-electron chi connectivity index (χ3n) is 5.61. The molecule has 33 heavy (non-hydrogen) atoms. The van der Waals surface area contributed by atoms with Crippen LogP contribution in [0.25, 0.3) is 11.0 Å². The number of methoxy groups -OCH3 is 1. The van der Waals surface area contributed by atoms with Crippen molar-refractivity contribution in [1.82, 2.24) is 4.98 Å². The van der Waals surface area contributed by atoms with E-state index >= 15 is 0 Å². The number of aromatic nitrogens is 1. The number of carbonyl (C=O) groups excluding carboxylic acids is 2. The van der Waals surface area contributed by atoms with Crippen LogP contribution in [0.3, 0.4) is 0 Å². The van der Waals surface area contributed by atoms with E-state index in [1.165, 1.54) is 25.0 Å². The molecule has 0 saturated heterocycles. The third-order valence-corrected chi connectivity index (χ3v) is 6.87. The molecule has 0 bridgehead atoms. The van der Waals surface area contributed by atoms with Crippen molar-refractivity contribution in [3.05, 3.63) is 80.1 Å². The Morgan fingerprint density at radius 3 is 2.67 bits per heavy atom. The van der Waals surface area contributed by atoms with Crippen LogP contribution < -0.4 is 15.1 Å². The number of thiazole rings is 1. The van der Waals surface area contributed by atoms with Crippen LogP contribution in [0.4, 0.5) is 5.13 Å². The van der Waals surface area contributed by atoms with E-state index in [-0.39, 0.29) is 39.2 Å². The average Bonchev–Trinajstić information content (AvgIpc) is 3.32. The average molecular weight is 462 g/mol. The van der Waals surface area contributed by atoms with Crippen LogP contribution in [0.5, 0.6) is 11.5 Å². The van der Waals surface area contributed by atoms with Crippen molar-refractivity contribution in [2.45, 2.75) is 19.9 Å². The Balaban J connectivity index is 1.81. The van der Waals surface area contributed by atoms with Crippen LogP contribution in [0.1, 0.15) is 50.0 Å². The van der Waals surface area contributed by atoms with Gasteiger partial charge < -0.3 is 14.3 Å². The number of ether oxygens (including phenoxy) is 1. The van der Waals surface area contributed by atoms with Gasteiger partial charge in [-0.1, -0.05) is 29.5 Å². The molecule has 0 fully saturated rings. The summed E-state index contributed by atoms with van der Waals surface area (Å²) in [5, 5.41) is 10.7. The number of anilines is 1. The van der Waals surface area contributed by atoms with Gasteiger partial charge in [0, 0.05) is 6.92 Å². The van der Waals surface area contributed by atoms with E-state index in [9.17, 15) is 19.5 Å². The molecule has 1 aliphatic rings. The molecule has 4 aromatic rings. The monoisotopic (exact) mass is 462 g/mol. The number of Topliss-reactive ketones (excluding diaryl/α,β-unsaturated/α-hetero) is 1. The molecule has 1 amide bonds. The lowest BCUT2D eigenvalue weighted by molar-refractivity contribution is 0.0969. The number of phenols is 1. The first-order chi connectivity index (χ1) is 15.8. The van der Waals surface area contributed by atoms with E-state index in [0.717, 1.165) is 11.3 Å². The molecule has 0 radical (unpaired) electrons. The molecule has 3 heterocycles. The Morgan fingerprint density at radius 1 is 1.21 bits per heavy atom. The molecule has 0 unspecified atom stereocenters. The van der Waals surface area contributed by atoms with Gasteiger partial charge in [-0.15, -0.1) is 0 Å². The zero-order valence-electron chi connectivity index (χ0n) is 17.9. The molecule has 0 saturated carbocycles. The highest BCUT2D eigenvalue weighted by atomic mass is 32.1. The zero-order chi connectivity index (χ0) is 23.4. The number of fused-ring (bicyclic) bond motifs is 2. The Bertz CT molecular complexity index is 1520. The highest BCUT2D eigenvalue weighted by Gasteiger charge is 2.45. The predicted octanol–water partition coefficient (Wildman–Crippen LogP) is 4.22. The molecule has 1 atom stereocenters. The van der Waals surface area contributed by atoms with Crippen LogP contribution in [-0.4, -0.2) is 28.9 Å². The van der Waals surface area contributed by atoms with Gasteiger partial charge in [-0.2, -0.15) is 0 Å². The molecule has 166 valence electrons. The van der Waals surface area contributed by atoms with Crippen molar-refractivity contribution in [2.24, 2.45) is 0 Å². The molecule has 2 aromatic heterocycles. The lowest BCUT2D eigenvalue weighted by Crippen LogP contribution is -2.29. The van der Waals surface area contributed by atoms with Crippen LogP contribution in [0.2, 0.25) is 0 Å². The number of benzene rings is 2. The molecule has 2 aromatic carbocycles. The van der Waals surface area contributed by atoms with Crippen molar-refractivity contribution in [2.75, 3.05) is 12.0 Å². The fourth-order valence-corrected chi connectivity index (χ4v) is 5.10. The van der Waals surface area contributed by atoms with E-state index in [1.807, 2.05) is 0 Å². The highest BCUT2D eigenvalue weighted by Crippen LogP contribution is 2.44. The van der Waals surface area contributed by atoms with Gasteiger partial charge in [0.1, 0.15) is 5.58 Å². The van der Waals surface area contributed by atoms with Crippen molar-refractivity contribution >= 4 is 39.1 Å². The maximum absolute atomic E-state index is 13.6. The smallest absolute Gasteiger partial charge is 0.297 e. The Labute approximate surface area is 191 Å². The van der Waals surface area contributed by atoms with Crippen LogP contribution in [0, 0.1) is 6.92 Å². The van der Waals surface area contributed by atoms with Gasteiger partial charge in [0.25, 0.3) is 5.91 Å². The number of hydrogen-bond donors (Lipinski definition) is 1. The van der Waals surface area contributed by atoms with Crippen LogP contribution in [-0.2, 0) is 0 Å². The van der Waals surface area contributed by atoms with Gasteiger partial charge in [0.05, 0.1) is 34.7 Å². The summed E-state index contributed by atoms with van der Waals surface area (Å²) in [6.07, 6.45) is 0. The molecule has 1 N–H and O–H groups in total. The number of aryl methyl sites for hydroxylation is 1. The summed E-state index contributed by atoms with van der Waals surface area (Å²) in [6, 6.07) is 10.5. The van der Waals surface area contributed by atoms with Gasteiger partial charge in [-0.05, 0) is 36.8 Å². The first-order valence-corrected chi connectivity index (χ1v) is 10.9.